The van der Waals surface area contributed by atoms with E-state index in [1.165, 1.54) is 33.1 Å². The zero-order valence-corrected chi connectivity index (χ0v) is 33.6. The average Bonchev–Trinajstić information content (AvgIpc) is 3.73. The Morgan fingerprint density at radius 3 is 1.56 bits per heavy atom. The molecule has 0 spiro atoms. The molecule has 0 amide bonds. The van der Waals surface area contributed by atoms with Crippen molar-refractivity contribution in [2.24, 2.45) is 0 Å². The van der Waals surface area contributed by atoms with Crippen molar-refractivity contribution in [3.8, 4) is 38.5 Å². The van der Waals surface area contributed by atoms with E-state index in [2.05, 4.69) is 31.5 Å². The lowest BCUT2D eigenvalue weighted by Crippen LogP contribution is -2.48. The molecular weight excluding hydrogens is 771 g/mol. The van der Waals surface area contributed by atoms with E-state index in [4.69, 9.17) is 9.47 Å². The van der Waals surface area contributed by atoms with Crippen molar-refractivity contribution in [2.75, 3.05) is 13.7 Å². The van der Waals surface area contributed by atoms with Crippen molar-refractivity contribution >= 4 is 47.9 Å². The van der Waals surface area contributed by atoms with Crippen molar-refractivity contribution in [2.45, 2.75) is 63.7 Å². The molecule has 55 heavy (non-hydrogen) atoms. The molecule has 12 heteroatoms. The summed E-state index contributed by atoms with van der Waals surface area (Å²) in [7, 11) is 0.197. The van der Waals surface area contributed by atoms with E-state index in [0.717, 1.165) is 39.8 Å². The van der Waals surface area contributed by atoms with Crippen molar-refractivity contribution < 1.29 is 40.6 Å². The Bertz CT molecular complexity index is 2310. The number of alkyl halides is 6. The number of methoxy groups -OCH3 is 1. The molecule has 2 heterocycles. The van der Waals surface area contributed by atoms with Gasteiger partial charge in [-0.25, -0.2) is 0 Å². The van der Waals surface area contributed by atoms with E-state index in [9.17, 15) is 4.79 Å². The number of benzene rings is 3. The lowest BCUT2D eigenvalue weighted by Gasteiger charge is -2.25. The van der Waals surface area contributed by atoms with E-state index in [1.807, 2.05) is 24.3 Å². The highest BCUT2D eigenvalue weighted by Crippen LogP contribution is 2.66. The summed E-state index contributed by atoms with van der Waals surface area (Å²) in [6.07, 6.45) is 0.172. The fourth-order valence-corrected chi connectivity index (χ4v) is 8.97. The molecule has 1 aliphatic rings. The maximum atomic E-state index is 15.7. The number of hydrogen-bond acceptors (Lipinski definition) is 5. The van der Waals surface area contributed by atoms with Crippen LogP contribution in [0.4, 0.5) is 26.3 Å². The first-order valence-corrected chi connectivity index (χ1v) is 22.8. The minimum absolute atomic E-state index is 0.172. The molecule has 2 aromatic heterocycles. The van der Waals surface area contributed by atoms with Crippen LogP contribution in [0.3, 0.4) is 0 Å². The highest BCUT2D eigenvalue weighted by molar-refractivity contribution is 7.16. The summed E-state index contributed by atoms with van der Waals surface area (Å²) in [5.74, 6) is -9.54. The molecule has 5 aromatic rings. The first kappa shape index (κ1) is 40.1. The summed E-state index contributed by atoms with van der Waals surface area (Å²) in [4.78, 5) is 13.5. The fraction of sp³-hybridized carbons (Fsp3) is 0.279. The Labute approximate surface area is 325 Å². The van der Waals surface area contributed by atoms with Crippen LogP contribution >= 0.6 is 22.7 Å². The number of rotatable bonds is 10. The van der Waals surface area contributed by atoms with Crippen molar-refractivity contribution in [3.05, 3.63) is 123 Å². The highest BCUT2D eigenvalue weighted by atomic mass is 32.1. The minimum Gasteiger partial charge on any atom is -0.497 e. The number of hydrogen-bond donors (Lipinski definition) is 0. The highest BCUT2D eigenvalue weighted by Gasteiger charge is 2.80. The third-order valence-electron chi connectivity index (χ3n) is 9.35. The third kappa shape index (κ3) is 8.06. The number of carbonyl (C=O) groups is 1. The van der Waals surface area contributed by atoms with Gasteiger partial charge < -0.3 is 9.47 Å². The number of allylic oxidation sites excluding steroid dienone is 2. The molecule has 0 bridgehead atoms. The smallest absolute Gasteiger partial charge is 0.380 e. The second kappa shape index (κ2) is 15.2. The quantitative estimate of drug-likeness (QED) is 0.0610. The molecule has 0 fully saturated rings. The van der Waals surface area contributed by atoms with Gasteiger partial charge in [0, 0.05) is 49.9 Å². The number of halogens is 6. The molecule has 1 aliphatic carbocycles. The van der Waals surface area contributed by atoms with Crippen LogP contribution in [0.25, 0.3) is 32.0 Å². The van der Waals surface area contributed by atoms with Gasteiger partial charge in [-0.15, -0.1) is 22.7 Å². The van der Waals surface area contributed by atoms with Gasteiger partial charge in [-0.3, -0.25) is 4.79 Å². The van der Waals surface area contributed by atoms with Gasteiger partial charge in [-0.2, -0.15) is 26.3 Å². The van der Waals surface area contributed by atoms with Gasteiger partial charge >= 0.3 is 23.7 Å². The predicted molar refractivity (Wildman–Crippen MR) is 212 cm³/mol. The van der Waals surface area contributed by atoms with Gasteiger partial charge in [0.1, 0.15) is 5.75 Å². The van der Waals surface area contributed by atoms with Crippen molar-refractivity contribution in [1.29, 1.82) is 0 Å². The lowest BCUT2D eigenvalue weighted by atomic mass is 9.94. The van der Waals surface area contributed by atoms with E-state index in [1.54, 1.807) is 48.5 Å². The molecule has 0 atom stereocenters. The number of carbonyl (C=O) groups excluding carboxylic acids is 1. The van der Waals surface area contributed by atoms with E-state index in [0.29, 0.717) is 38.8 Å². The van der Waals surface area contributed by atoms with Crippen LogP contribution in [0, 0.1) is 25.7 Å². The second-order valence-corrected chi connectivity index (χ2v) is 22.7. The summed E-state index contributed by atoms with van der Waals surface area (Å²) in [5, 5.41) is 0. The Balaban J connectivity index is 1.25. The fourth-order valence-electron chi connectivity index (χ4n) is 6.19. The van der Waals surface area contributed by atoms with E-state index in [-0.39, 0.29) is 33.3 Å². The Morgan fingerprint density at radius 1 is 0.691 bits per heavy atom. The molecule has 0 N–H and O–H groups in total. The summed E-state index contributed by atoms with van der Waals surface area (Å²) in [6, 6.07) is 24.3. The second-order valence-electron chi connectivity index (χ2n) is 14.6. The summed E-state index contributed by atoms with van der Waals surface area (Å²) < 4.78 is 104. The van der Waals surface area contributed by atoms with Crippen LogP contribution in [0.2, 0.25) is 25.7 Å². The van der Waals surface area contributed by atoms with Gasteiger partial charge in [0.15, 0.2) is 0 Å². The number of esters is 1. The number of aryl methyl sites for hydroxylation is 2. The largest absolute Gasteiger partial charge is 0.497 e. The summed E-state index contributed by atoms with van der Waals surface area (Å²) >= 11 is 2.11. The lowest BCUT2D eigenvalue weighted by molar-refractivity contribution is -0.254. The van der Waals surface area contributed by atoms with Gasteiger partial charge in [0.25, 0.3) is 0 Å². The molecule has 0 radical (unpaired) electrons. The van der Waals surface area contributed by atoms with Gasteiger partial charge in [-0.05, 0) is 108 Å². The first-order valence-electron chi connectivity index (χ1n) is 17.4. The maximum Gasteiger partial charge on any atom is 0.380 e. The van der Waals surface area contributed by atoms with Crippen LogP contribution < -0.4 is 4.74 Å². The Hall–Kier alpha value is -4.57. The Morgan fingerprint density at radius 2 is 1.13 bits per heavy atom. The molecule has 6 rings (SSSR count). The van der Waals surface area contributed by atoms with Crippen molar-refractivity contribution in [3.63, 3.8) is 0 Å². The Kier molecular flexibility index (Phi) is 11.1. The minimum atomic E-state index is -5.66. The number of ether oxygens (including phenoxy) is 2. The molecule has 286 valence electrons. The molecule has 3 nitrogen and oxygen atoms in total. The standard InChI is InChI=1S/C43H38F6O3S2Si/c1-26-34(39-40(42(46,47)43(48,49)41(39,44)45)35-25-37(54-27(35)2)32-17-19-33(51-3)20-18-32)24-36(53-26)31-15-13-29(14-16-31)8-7-28-9-11-30(12-10-28)23-38(50)52-21-22-55(4,5)6/h9-20,24-25H,21-23H2,1-6H3. The van der Waals surface area contributed by atoms with E-state index >= 15 is 26.3 Å². The monoisotopic (exact) mass is 808 g/mol. The average molecular weight is 809 g/mol. The first-order chi connectivity index (χ1) is 25.8. The normalized spacial score (nSPS) is 15.8. The van der Waals surface area contributed by atoms with Crippen LogP contribution in [-0.4, -0.2) is 45.5 Å². The third-order valence-corrected chi connectivity index (χ3v) is 13.3. The van der Waals surface area contributed by atoms with Crippen LogP contribution in [0.1, 0.15) is 37.6 Å². The van der Waals surface area contributed by atoms with Crippen LogP contribution in [0.5, 0.6) is 5.75 Å². The molecule has 0 unspecified atom stereocenters. The topological polar surface area (TPSA) is 35.5 Å². The predicted octanol–water partition coefficient (Wildman–Crippen LogP) is 12.4. The van der Waals surface area contributed by atoms with Crippen LogP contribution in [0.15, 0.2) is 84.9 Å². The maximum absolute atomic E-state index is 15.7. The zero-order valence-electron chi connectivity index (χ0n) is 31.0. The van der Waals surface area contributed by atoms with E-state index < -0.39 is 37.0 Å². The van der Waals surface area contributed by atoms with Crippen molar-refractivity contribution in [1.82, 2.24) is 0 Å². The van der Waals surface area contributed by atoms with Crippen LogP contribution in [-0.2, 0) is 16.0 Å². The SMILES string of the molecule is COc1ccc(-c2cc(C3=C(c4cc(-c5ccc(C#Cc6ccc(CC(=O)OCC[Si](C)(C)C)cc6)cc5)sc4C)C(F)(F)C(F)(F)C3(F)F)c(C)s2)cc1. The molecule has 3 aromatic carbocycles. The van der Waals surface area contributed by atoms with Gasteiger partial charge in [0.05, 0.1) is 20.1 Å². The molecule has 0 saturated heterocycles. The van der Waals surface area contributed by atoms with Gasteiger partial charge in [-0.1, -0.05) is 55.7 Å². The number of thiophene rings is 2. The molecule has 0 saturated carbocycles. The summed E-state index contributed by atoms with van der Waals surface area (Å²) in [6.45, 7) is 10.0. The summed E-state index contributed by atoms with van der Waals surface area (Å²) in [5.41, 5.74) is -0.0336. The van der Waals surface area contributed by atoms with Gasteiger partial charge in [0.2, 0.25) is 0 Å². The molecule has 0 aliphatic heterocycles. The molecular formula is C43H38F6O3S2Si. The zero-order chi connectivity index (χ0) is 39.9.